The van der Waals surface area contributed by atoms with Gasteiger partial charge in [0.15, 0.2) is 5.43 Å². The highest BCUT2D eigenvalue weighted by molar-refractivity contribution is 6.30. The molecule has 1 aromatic heterocycles. The number of aromatic nitrogens is 1. The molecule has 5 heteroatoms. The molecule has 1 aromatic carbocycles. The van der Waals surface area contributed by atoms with Gasteiger partial charge in [0.25, 0.3) is 0 Å². The molecule has 1 heterocycles. The molecule has 21 heavy (non-hydrogen) atoms. The zero-order chi connectivity index (χ0) is 15.6. The van der Waals surface area contributed by atoms with Gasteiger partial charge in [-0.3, -0.25) is 4.79 Å². The molecule has 110 valence electrons. The number of halogens is 1. The van der Waals surface area contributed by atoms with Crippen molar-refractivity contribution in [3.63, 3.8) is 0 Å². The minimum absolute atomic E-state index is 0.198. The second-order valence-corrected chi connectivity index (χ2v) is 5.07. The molecule has 0 aliphatic heterocycles. The summed E-state index contributed by atoms with van der Waals surface area (Å²) in [5, 5.41) is 9.97. The van der Waals surface area contributed by atoms with E-state index in [1.165, 1.54) is 6.07 Å². The lowest BCUT2D eigenvalue weighted by Gasteiger charge is -2.18. The number of pyridine rings is 1. The Morgan fingerprint density at radius 3 is 2.33 bits per heavy atom. The summed E-state index contributed by atoms with van der Waals surface area (Å²) in [6.45, 7) is 4.45. The molecular weight excluding hydrogens is 290 g/mol. The number of hydrogen-bond donors (Lipinski definition) is 1. The Morgan fingerprint density at radius 1 is 1.24 bits per heavy atom. The van der Waals surface area contributed by atoms with Crippen LogP contribution in [0, 0.1) is 0 Å². The van der Waals surface area contributed by atoms with Crippen LogP contribution < -0.4 is 5.43 Å². The lowest BCUT2D eigenvalue weighted by atomic mass is 10.0. The Hall–Kier alpha value is -2.07. The average Bonchev–Trinajstić information content (AvgIpc) is 2.46. The third kappa shape index (κ3) is 2.85. The summed E-state index contributed by atoms with van der Waals surface area (Å²) in [4.78, 5) is 23.7. The van der Waals surface area contributed by atoms with Crippen molar-refractivity contribution in [3.05, 3.63) is 56.8 Å². The summed E-state index contributed by atoms with van der Waals surface area (Å²) >= 11 is 5.88. The van der Waals surface area contributed by atoms with E-state index >= 15 is 0 Å². The molecule has 0 spiro atoms. The summed E-state index contributed by atoms with van der Waals surface area (Å²) in [5.74, 6) is -1.21. The van der Waals surface area contributed by atoms with E-state index in [1.54, 1.807) is 24.3 Å². The number of aryl methyl sites for hydroxylation is 1. The minimum atomic E-state index is -1.21. The lowest BCUT2D eigenvalue weighted by molar-refractivity contribution is 0.0695. The molecule has 0 aliphatic carbocycles. The Labute approximate surface area is 127 Å². The fraction of sp³-hybridized carbons (Fsp3) is 0.250. The number of benzene rings is 1. The summed E-state index contributed by atoms with van der Waals surface area (Å²) in [7, 11) is 0. The van der Waals surface area contributed by atoms with E-state index in [4.69, 9.17) is 11.6 Å². The van der Waals surface area contributed by atoms with E-state index in [0.29, 0.717) is 29.2 Å². The van der Waals surface area contributed by atoms with Gasteiger partial charge in [0.2, 0.25) is 0 Å². The van der Waals surface area contributed by atoms with Crippen molar-refractivity contribution in [1.29, 1.82) is 0 Å². The van der Waals surface area contributed by atoms with Gasteiger partial charge in [-0.2, -0.15) is 0 Å². The monoisotopic (exact) mass is 305 g/mol. The second-order valence-electron chi connectivity index (χ2n) is 4.63. The van der Waals surface area contributed by atoms with Crippen molar-refractivity contribution in [2.75, 3.05) is 0 Å². The highest BCUT2D eigenvalue weighted by atomic mass is 35.5. The average molecular weight is 306 g/mol. The third-order valence-electron chi connectivity index (χ3n) is 3.41. The molecule has 0 aliphatic rings. The summed E-state index contributed by atoms with van der Waals surface area (Å²) in [6.07, 6.45) is 0.656. The van der Waals surface area contributed by atoms with Gasteiger partial charge < -0.3 is 9.67 Å². The van der Waals surface area contributed by atoms with Gasteiger partial charge in [0.05, 0.1) is 5.69 Å². The highest BCUT2D eigenvalue weighted by Gasteiger charge is 2.21. The lowest BCUT2D eigenvalue weighted by Crippen LogP contribution is -2.23. The molecule has 2 aromatic rings. The second kappa shape index (κ2) is 6.14. The molecule has 0 radical (unpaired) electrons. The Morgan fingerprint density at radius 2 is 1.86 bits per heavy atom. The zero-order valence-corrected chi connectivity index (χ0v) is 12.6. The summed E-state index contributed by atoms with van der Waals surface area (Å²) in [5.41, 5.74) is 1.26. The van der Waals surface area contributed by atoms with E-state index in [-0.39, 0.29) is 5.56 Å². The number of aromatic carboxylic acids is 1. The van der Waals surface area contributed by atoms with Crippen LogP contribution in [0.25, 0.3) is 11.3 Å². The Balaban J connectivity index is 2.88. The SMILES string of the molecule is CCc1cc(=O)c(C(=O)O)c(-c2ccc(Cl)cc2)n1CC. The van der Waals surface area contributed by atoms with Gasteiger partial charge in [-0.15, -0.1) is 0 Å². The molecule has 0 amide bonds. The molecule has 0 bridgehead atoms. The molecule has 0 fully saturated rings. The molecule has 4 nitrogen and oxygen atoms in total. The first-order valence-electron chi connectivity index (χ1n) is 6.75. The maximum absolute atomic E-state index is 12.1. The van der Waals surface area contributed by atoms with Crippen LogP contribution in [0.15, 0.2) is 35.1 Å². The maximum Gasteiger partial charge on any atom is 0.341 e. The van der Waals surface area contributed by atoms with Gasteiger partial charge in [-0.1, -0.05) is 30.7 Å². The van der Waals surface area contributed by atoms with Crippen LogP contribution in [-0.4, -0.2) is 15.6 Å². The van der Waals surface area contributed by atoms with Crippen LogP contribution in [0.5, 0.6) is 0 Å². The summed E-state index contributed by atoms with van der Waals surface area (Å²) in [6, 6.07) is 8.24. The fourth-order valence-electron chi connectivity index (χ4n) is 2.47. The van der Waals surface area contributed by atoms with Crippen LogP contribution in [-0.2, 0) is 13.0 Å². The molecule has 0 saturated carbocycles. The van der Waals surface area contributed by atoms with E-state index in [9.17, 15) is 14.7 Å². The van der Waals surface area contributed by atoms with Crippen molar-refractivity contribution in [2.45, 2.75) is 26.8 Å². The first-order valence-corrected chi connectivity index (χ1v) is 7.13. The van der Waals surface area contributed by atoms with Crippen LogP contribution in [0.4, 0.5) is 0 Å². The van der Waals surface area contributed by atoms with Crippen LogP contribution in [0.1, 0.15) is 29.9 Å². The standard InChI is InChI=1S/C16H16ClNO3/c1-3-12-9-13(19)14(16(20)21)15(18(12)4-2)10-5-7-11(17)8-6-10/h5-9H,3-4H2,1-2H3,(H,20,21). The molecule has 2 rings (SSSR count). The molecule has 1 N–H and O–H groups in total. The van der Waals surface area contributed by atoms with Gasteiger partial charge >= 0.3 is 5.97 Å². The van der Waals surface area contributed by atoms with Crippen molar-refractivity contribution in [2.24, 2.45) is 0 Å². The number of hydrogen-bond acceptors (Lipinski definition) is 2. The minimum Gasteiger partial charge on any atom is -0.477 e. The molecular formula is C16H16ClNO3. The van der Waals surface area contributed by atoms with Gasteiger partial charge in [0, 0.05) is 23.3 Å². The van der Waals surface area contributed by atoms with Crippen LogP contribution >= 0.6 is 11.6 Å². The molecule has 0 saturated heterocycles. The number of carbonyl (C=O) groups is 1. The smallest absolute Gasteiger partial charge is 0.341 e. The predicted octanol–water partition coefficient (Wildman–Crippen LogP) is 3.45. The maximum atomic E-state index is 12.1. The van der Waals surface area contributed by atoms with Crippen molar-refractivity contribution in [1.82, 2.24) is 4.57 Å². The normalized spacial score (nSPS) is 10.6. The third-order valence-corrected chi connectivity index (χ3v) is 3.66. The number of rotatable bonds is 4. The topological polar surface area (TPSA) is 59.3 Å². The quantitative estimate of drug-likeness (QED) is 0.941. The Bertz CT molecular complexity index is 732. The van der Waals surface area contributed by atoms with E-state index in [2.05, 4.69) is 0 Å². The van der Waals surface area contributed by atoms with Gasteiger partial charge in [-0.05, 0) is 31.0 Å². The number of carboxylic acid groups (broad SMARTS) is 1. The first-order chi connectivity index (χ1) is 9.99. The van der Waals surface area contributed by atoms with E-state index in [0.717, 1.165) is 5.69 Å². The van der Waals surface area contributed by atoms with E-state index in [1.807, 2.05) is 18.4 Å². The van der Waals surface area contributed by atoms with Crippen LogP contribution in [0.3, 0.4) is 0 Å². The van der Waals surface area contributed by atoms with Crippen molar-refractivity contribution in [3.8, 4) is 11.3 Å². The molecule has 0 atom stereocenters. The molecule has 0 unspecified atom stereocenters. The first kappa shape index (κ1) is 15.3. The van der Waals surface area contributed by atoms with Crippen molar-refractivity contribution >= 4 is 17.6 Å². The number of nitrogens with zero attached hydrogens (tertiary/aromatic N) is 1. The predicted molar refractivity (Wildman–Crippen MR) is 83.2 cm³/mol. The van der Waals surface area contributed by atoms with Crippen molar-refractivity contribution < 1.29 is 9.90 Å². The summed E-state index contributed by atoms with van der Waals surface area (Å²) < 4.78 is 1.87. The number of carboxylic acids is 1. The van der Waals surface area contributed by atoms with Gasteiger partial charge in [0.1, 0.15) is 5.56 Å². The highest BCUT2D eigenvalue weighted by Crippen LogP contribution is 2.25. The fourth-order valence-corrected chi connectivity index (χ4v) is 2.59. The van der Waals surface area contributed by atoms with E-state index < -0.39 is 11.4 Å². The van der Waals surface area contributed by atoms with Gasteiger partial charge in [-0.25, -0.2) is 4.79 Å². The zero-order valence-electron chi connectivity index (χ0n) is 11.9. The largest absolute Gasteiger partial charge is 0.477 e. The van der Waals surface area contributed by atoms with Crippen LogP contribution in [0.2, 0.25) is 5.02 Å². The Kier molecular flexibility index (Phi) is 4.48.